The minimum absolute atomic E-state index is 0.0240. The van der Waals surface area contributed by atoms with Gasteiger partial charge in [-0.25, -0.2) is 9.97 Å². The molecule has 0 unspecified atom stereocenters. The van der Waals surface area contributed by atoms with Crippen molar-refractivity contribution in [2.75, 3.05) is 24.5 Å². The largest absolute Gasteiger partial charge is 0.354 e. The Bertz CT molecular complexity index is 829. The van der Waals surface area contributed by atoms with Crippen molar-refractivity contribution in [3.63, 3.8) is 0 Å². The maximum Gasteiger partial charge on any atom is 0.239 e. The topological polar surface area (TPSA) is 103 Å². The van der Waals surface area contributed by atoms with Crippen molar-refractivity contribution in [3.05, 3.63) is 18.6 Å². The minimum atomic E-state index is -0.120. The van der Waals surface area contributed by atoms with Gasteiger partial charge in [-0.3, -0.25) is 9.59 Å². The molecule has 0 radical (unpaired) electrons. The van der Waals surface area contributed by atoms with Crippen molar-refractivity contribution in [3.8, 4) is 0 Å². The third-order valence-electron chi connectivity index (χ3n) is 5.82. The number of hydrogen-bond acceptors (Lipinski definition) is 5. The van der Waals surface area contributed by atoms with E-state index in [0.29, 0.717) is 6.54 Å². The van der Waals surface area contributed by atoms with Crippen molar-refractivity contribution in [2.24, 2.45) is 5.92 Å². The average molecular weight is 384 g/mol. The first-order valence-corrected chi connectivity index (χ1v) is 10.3. The first-order valence-electron chi connectivity index (χ1n) is 10.3. The van der Waals surface area contributed by atoms with Crippen molar-refractivity contribution >= 4 is 28.7 Å². The van der Waals surface area contributed by atoms with Crippen molar-refractivity contribution in [1.29, 1.82) is 0 Å². The number of fused-ring (bicyclic) bond motifs is 1. The van der Waals surface area contributed by atoms with E-state index in [2.05, 4.69) is 30.5 Å². The lowest BCUT2D eigenvalue weighted by Crippen LogP contribution is -2.50. The minimum Gasteiger partial charge on any atom is -0.354 e. The maximum atomic E-state index is 12.3. The van der Waals surface area contributed by atoms with E-state index in [1.54, 1.807) is 6.33 Å². The van der Waals surface area contributed by atoms with Gasteiger partial charge in [0.25, 0.3) is 0 Å². The summed E-state index contributed by atoms with van der Waals surface area (Å²) in [6.07, 6.45) is 10.7. The van der Waals surface area contributed by atoms with Crippen LogP contribution in [0.15, 0.2) is 18.6 Å². The Morgan fingerprint density at radius 1 is 1.14 bits per heavy atom. The molecule has 0 aromatic carbocycles. The van der Waals surface area contributed by atoms with Crippen LogP contribution < -0.4 is 15.5 Å². The van der Waals surface area contributed by atoms with Gasteiger partial charge >= 0.3 is 0 Å². The fourth-order valence-electron chi connectivity index (χ4n) is 4.35. The first kappa shape index (κ1) is 18.7. The molecule has 28 heavy (non-hydrogen) atoms. The fourth-order valence-corrected chi connectivity index (χ4v) is 4.35. The van der Waals surface area contributed by atoms with Crippen LogP contribution >= 0.6 is 0 Å². The van der Waals surface area contributed by atoms with Crippen LogP contribution in [0, 0.1) is 5.92 Å². The van der Waals surface area contributed by atoms with Crippen LogP contribution in [0.3, 0.4) is 0 Å². The molecule has 3 heterocycles. The highest BCUT2D eigenvalue weighted by Crippen LogP contribution is 2.25. The molecule has 8 heteroatoms. The molecule has 4 rings (SSSR count). The Morgan fingerprint density at radius 2 is 2.00 bits per heavy atom. The number of aromatic amines is 1. The van der Waals surface area contributed by atoms with Crippen LogP contribution in [0.2, 0.25) is 0 Å². The van der Waals surface area contributed by atoms with E-state index < -0.39 is 0 Å². The fraction of sp³-hybridized carbons (Fsp3) is 0.600. The summed E-state index contributed by atoms with van der Waals surface area (Å²) in [5.41, 5.74) is 0.821. The second-order valence-electron chi connectivity index (χ2n) is 7.84. The van der Waals surface area contributed by atoms with Gasteiger partial charge in [-0.05, 0) is 31.7 Å². The van der Waals surface area contributed by atoms with Crippen molar-refractivity contribution in [2.45, 2.75) is 51.0 Å². The van der Waals surface area contributed by atoms with Gasteiger partial charge in [0, 0.05) is 31.2 Å². The van der Waals surface area contributed by atoms with Crippen molar-refractivity contribution < 1.29 is 9.59 Å². The van der Waals surface area contributed by atoms with Gasteiger partial charge in [0.2, 0.25) is 11.8 Å². The molecule has 3 N–H and O–H groups in total. The van der Waals surface area contributed by atoms with Gasteiger partial charge in [0.05, 0.1) is 11.9 Å². The zero-order valence-corrected chi connectivity index (χ0v) is 16.1. The number of carbonyl (C=O) groups excluding carboxylic acids is 2. The molecule has 0 bridgehead atoms. The zero-order valence-electron chi connectivity index (χ0n) is 16.1. The molecule has 2 aliphatic rings. The Hall–Kier alpha value is -2.64. The van der Waals surface area contributed by atoms with Crippen molar-refractivity contribution in [1.82, 2.24) is 25.6 Å². The molecule has 1 saturated carbocycles. The SMILES string of the molecule is O=C(CNC(=O)C1CCCCC1)N[C@H]1CCCN(c2ncnc3[nH]ccc23)C1. The van der Waals surface area contributed by atoms with Crippen LogP contribution in [-0.4, -0.2) is 52.4 Å². The molecule has 150 valence electrons. The summed E-state index contributed by atoms with van der Waals surface area (Å²) in [4.78, 5) is 38.6. The molecule has 1 saturated heterocycles. The number of rotatable bonds is 5. The Morgan fingerprint density at radius 3 is 2.86 bits per heavy atom. The second kappa shape index (κ2) is 8.58. The van der Waals surface area contributed by atoms with E-state index in [1.807, 2.05) is 12.3 Å². The maximum absolute atomic E-state index is 12.3. The Balaban J connectivity index is 1.29. The van der Waals surface area contributed by atoms with Gasteiger partial charge in [-0.1, -0.05) is 19.3 Å². The van der Waals surface area contributed by atoms with Crippen LogP contribution in [0.5, 0.6) is 0 Å². The number of aromatic nitrogens is 3. The molecule has 1 atom stereocenters. The van der Waals surface area contributed by atoms with E-state index in [0.717, 1.165) is 61.9 Å². The van der Waals surface area contributed by atoms with Gasteiger partial charge in [-0.15, -0.1) is 0 Å². The highest BCUT2D eigenvalue weighted by Gasteiger charge is 2.25. The molecule has 2 fully saturated rings. The first-order chi connectivity index (χ1) is 13.7. The normalized spacial score (nSPS) is 20.9. The summed E-state index contributed by atoms with van der Waals surface area (Å²) in [6.45, 7) is 1.67. The molecule has 0 spiro atoms. The number of nitrogens with zero attached hydrogens (tertiary/aromatic N) is 3. The summed E-state index contributed by atoms with van der Waals surface area (Å²) >= 11 is 0. The molecule has 1 aliphatic carbocycles. The zero-order chi connectivity index (χ0) is 19.3. The molecule has 2 aromatic heterocycles. The monoisotopic (exact) mass is 384 g/mol. The molecule has 2 amide bonds. The Kier molecular flexibility index (Phi) is 5.73. The molecule has 1 aliphatic heterocycles. The van der Waals surface area contributed by atoms with Crippen LogP contribution in [-0.2, 0) is 9.59 Å². The number of nitrogens with one attached hydrogen (secondary N) is 3. The molecule has 2 aromatic rings. The number of carbonyl (C=O) groups is 2. The van der Waals surface area contributed by atoms with E-state index in [4.69, 9.17) is 0 Å². The van der Waals surface area contributed by atoms with Crippen LogP contribution in [0.25, 0.3) is 11.0 Å². The van der Waals surface area contributed by atoms with Crippen LogP contribution in [0.4, 0.5) is 5.82 Å². The standard InChI is InChI=1S/C20H28N6O2/c27-17(11-22-20(28)14-5-2-1-3-6-14)25-15-7-4-10-26(12-15)19-16-8-9-21-18(16)23-13-24-19/h8-9,13-15H,1-7,10-12H2,(H,22,28)(H,25,27)(H,21,23,24)/t15-/m0/s1. The van der Waals surface area contributed by atoms with Gasteiger partial charge in [0.1, 0.15) is 17.8 Å². The highest BCUT2D eigenvalue weighted by molar-refractivity contribution is 5.88. The lowest BCUT2D eigenvalue weighted by atomic mass is 9.89. The lowest BCUT2D eigenvalue weighted by Gasteiger charge is -2.34. The predicted octanol–water partition coefficient (Wildman–Crippen LogP) is 1.74. The van der Waals surface area contributed by atoms with Gasteiger partial charge in [-0.2, -0.15) is 0 Å². The predicted molar refractivity (Wildman–Crippen MR) is 107 cm³/mol. The summed E-state index contributed by atoms with van der Waals surface area (Å²) < 4.78 is 0. The van der Waals surface area contributed by atoms with Gasteiger partial charge in [0.15, 0.2) is 0 Å². The average Bonchev–Trinajstić information content (AvgIpc) is 3.22. The third kappa shape index (κ3) is 4.26. The van der Waals surface area contributed by atoms with E-state index in [1.165, 1.54) is 6.42 Å². The molecular formula is C20H28N6O2. The van der Waals surface area contributed by atoms with Crippen LogP contribution in [0.1, 0.15) is 44.9 Å². The number of H-pyrrole nitrogens is 1. The number of amides is 2. The van der Waals surface area contributed by atoms with E-state index in [9.17, 15) is 9.59 Å². The summed E-state index contributed by atoms with van der Waals surface area (Å²) in [7, 11) is 0. The van der Waals surface area contributed by atoms with Gasteiger partial charge < -0.3 is 20.5 Å². The van der Waals surface area contributed by atoms with E-state index >= 15 is 0 Å². The summed E-state index contributed by atoms with van der Waals surface area (Å²) in [5, 5.41) is 6.88. The number of piperidine rings is 1. The second-order valence-corrected chi connectivity index (χ2v) is 7.84. The number of anilines is 1. The number of hydrogen-bond donors (Lipinski definition) is 3. The molecular weight excluding hydrogens is 356 g/mol. The lowest BCUT2D eigenvalue weighted by molar-refractivity contribution is -0.129. The summed E-state index contributed by atoms with van der Waals surface area (Å²) in [6, 6.07) is 2.03. The third-order valence-corrected chi connectivity index (χ3v) is 5.82. The molecule has 8 nitrogen and oxygen atoms in total. The quantitative estimate of drug-likeness (QED) is 0.729. The summed E-state index contributed by atoms with van der Waals surface area (Å²) in [5.74, 6) is 0.880. The highest BCUT2D eigenvalue weighted by atomic mass is 16.2. The smallest absolute Gasteiger partial charge is 0.239 e. The van der Waals surface area contributed by atoms with E-state index in [-0.39, 0.29) is 30.3 Å². The Labute approximate surface area is 164 Å².